The van der Waals surface area contributed by atoms with Gasteiger partial charge in [-0.1, -0.05) is 35.0 Å². The van der Waals surface area contributed by atoms with Gasteiger partial charge in [-0.05, 0) is 74.5 Å². The number of rotatable bonds is 4. The lowest BCUT2D eigenvalue weighted by Gasteiger charge is -2.55. The molecule has 30 heavy (non-hydrogen) atoms. The number of benzene rings is 1. The zero-order chi connectivity index (χ0) is 20.2. The van der Waals surface area contributed by atoms with Crippen molar-refractivity contribution in [3.05, 3.63) is 28.2 Å². The topological polar surface area (TPSA) is 44.7 Å². The van der Waals surface area contributed by atoms with Crippen molar-refractivity contribution < 1.29 is 4.79 Å². The summed E-state index contributed by atoms with van der Waals surface area (Å²) in [6.45, 7) is 0. The van der Waals surface area contributed by atoms with Gasteiger partial charge in [-0.25, -0.2) is 0 Å². The van der Waals surface area contributed by atoms with Crippen LogP contribution in [0.3, 0.4) is 0 Å². The lowest BCUT2D eigenvalue weighted by Crippen LogP contribution is -2.50. The summed E-state index contributed by atoms with van der Waals surface area (Å²) in [7, 11) is 2.09. The number of aliphatic imine (C=N–C) groups is 1. The van der Waals surface area contributed by atoms with Gasteiger partial charge in [-0.15, -0.1) is 12.4 Å². The highest BCUT2D eigenvalue weighted by molar-refractivity contribution is 8.14. The summed E-state index contributed by atoms with van der Waals surface area (Å²) in [5.74, 6) is 3.58. The molecule has 1 aliphatic heterocycles. The zero-order valence-electron chi connectivity index (χ0n) is 17.1. The molecule has 1 amide bonds. The van der Waals surface area contributed by atoms with Crippen LogP contribution in [0.1, 0.15) is 44.9 Å². The van der Waals surface area contributed by atoms with Gasteiger partial charge in [0, 0.05) is 41.0 Å². The van der Waals surface area contributed by atoms with Gasteiger partial charge in [-0.2, -0.15) is 0 Å². The molecule has 0 aromatic heterocycles. The second kappa shape index (κ2) is 8.73. The van der Waals surface area contributed by atoms with Gasteiger partial charge in [0.1, 0.15) is 0 Å². The van der Waals surface area contributed by atoms with E-state index < -0.39 is 0 Å². The second-order valence-corrected chi connectivity index (χ2v) is 11.4. The van der Waals surface area contributed by atoms with E-state index >= 15 is 0 Å². The van der Waals surface area contributed by atoms with Crippen molar-refractivity contribution in [3.8, 4) is 0 Å². The first-order chi connectivity index (χ1) is 13.9. The standard InChI is InChI=1S/C22H27Cl2N3OS.ClH/c1-27-19(8-20(28)25-18-6-16(23)5-17(24)7-18)12-29-21(27)26-22-9-13-2-14(10-22)4-15(3-13)11-22;/h5-7,13-15,19H,2-4,8-12H2,1H3,(H,25,28);1H. The number of anilines is 1. The van der Waals surface area contributed by atoms with E-state index in [0.717, 1.165) is 28.7 Å². The third-order valence-electron chi connectivity index (χ3n) is 7.16. The zero-order valence-corrected chi connectivity index (χ0v) is 20.2. The van der Waals surface area contributed by atoms with E-state index in [4.69, 9.17) is 28.2 Å². The highest BCUT2D eigenvalue weighted by atomic mass is 35.5. The Morgan fingerprint density at radius 2 is 1.70 bits per heavy atom. The molecule has 1 unspecified atom stereocenters. The molecular formula is C22H28Cl3N3OS. The molecule has 4 bridgehead atoms. The largest absolute Gasteiger partial charge is 0.350 e. The molecule has 4 aliphatic carbocycles. The Morgan fingerprint density at radius 1 is 1.13 bits per heavy atom. The third-order valence-corrected chi connectivity index (χ3v) is 8.79. The normalized spacial score (nSPS) is 35.6. The van der Waals surface area contributed by atoms with Crippen molar-refractivity contribution in [2.24, 2.45) is 22.7 Å². The summed E-state index contributed by atoms with van der Waals surface area (Å²) in [4.78, 5) is 20.2. The smallest absolute Gasteiger partial charge is 0.226 e. The van der Waals surface area contributed by atoms with Gasteiger partial charge >= 0.3 is 0 Å². The number of amides is 1. The quantitative estimate of drug-likeness (QED) is 0.555. The number of carbonyl (C=O) groups is 1. The molecule has 5 aliphatic rings. The minimum atomic E-state index is -0.0168. The molecule has 1 atom stereocenters. The molecule has 0 spiro atoms. The Hall–Kier alpha value is -0.620. The number of hydrogen-bond acceptors (Lipinski definition) is 3. The molecule has 4 saturated carbocycles. The first-order valence-electron chi connectivity index (χ1n) is 10.6. The van der Waals surface area contributed by atoms with E-state index in [1.54, 1.807) is 18.2 Å². The van der Waals surface area contributed by atoms with E-state index in [9.17, 15) is 4.79 Å². The van der Waals surface area contributed by atoms with Gasteiger partial charge < -0.3 is 10.2 Å². The fraction of sp³-hybridized carbons (Fsp3) is 0.636. The van der Waals surface area contributed by atoms with Crippen LogP contribution < -0.4 is 5.32 Å². The van der Waals surface area contributed by atoms with E-state index in [1.165, 1.54) is 38.5 Å². The molecule has 0 radical (unpaired) electrons. The van der Waals surface area contributed by atoms with E-state index in [2.05, 4.69) is 17.3 Å². The molecule has 1 saturated heterocycles. The van der Waals surface area contributed by atoms with Crippen LogP contribution in [0.4, 0.5) is 5.69 Å². The minimum absolute atomic E-state index is 0. The average molecular weight is 489 g/mol. The van der Waals surface area contributed by atoms with Crippen LogP contribution in [0.15, 0.2) is 23.2 Å². The molecule has 4 nitrogen and oxygen atoms in total. The van der Waals surface area contributed by atoms with Gasteiger partial charge in [0.2, 0.25) is 5.91 Å². The van der Waals surface area contributed by atoms with Crippen LogP contribution >= 0.6 is 47.4 Å². The first-order valence-corrected chi connectivity index (χ1v) is 12.3. The number of carbonyl (C=O) groups excluding carboxylic acids is 1. The van der Waals surface area contributed by atoms with E-state index in [-0.39, 0.29) is 29.9 Å². The van der Waals surface area contributed by atoms with Crippen LogP contribution in [0.25, 0.3) is 0 Å². The lowest BCUT2D eigenvalue weighted by atomic mass is 9.53. The Labute approximate surface area is 198 Å². The van der Waals surface area contributed by atoms with Crippen molar-refractivity contribution in [2.75, 3.05) is 18.1 Å². The maximum absolute atomic E-state index is 12.6. The predicted octanol–water partition coefficient (Wildman–Crippen LogP) is 6.12. The van der Waals surface area contributed by atoms with Crippen molar-refractivity contribution in [2.45, 2.75) is 56.5 Å². The van der Waals surface area contributed by atoms with Crippen molar-refractivity contribution in [3.63, 3.8) is 0 Å². The first kappa shape index (κ1) is 22.6. The molecular weight excluding hydrogens is 461 g/mol. The van der Waals surface area contributed by atoms with Crippen LogP contribution in [-0.4, -0.2) is 40.4 Å². The maximum atomic E-state index is 12.6. The van der Waals surface area contributed by atoms with E-state index in [0.29, 0.717) is 22.2 Å². The summed E-state index contributed by atoms with van der Waals surface area (Å²) in [5, 5.41) is 5.10. The summed E-state index contributed by atoms with van der Waals surface area (Å²) in [6, 6.07) is 5.27. The van der Waals surface area contributed by atoms with Gasteiger partial charge in [0.25, 0.3) is 0 Å². The number of nitrogens with one attached hydrogen (secondary N) is 1. The van der Waals surface area contributed by atoms with Crippen molar-refractivity contribution in [1.82, 2.24) is 4.90 Å². The second-order valence-electron chi connectivity index (χ2n) is 9.52. The SMILES string of the molecule is CN1C(=NC23CC4CC(CC(C4)C2)C3)SCC1CC(=O)Nc1cc(Cl)cc(Cl)c1.Cl. The predicted molar refractivity (Wildman–Crippen MR) is 129 cm³/mol. The van der Waals surface area contributed by atoms with Gasteiger partial charge in [0.15, 0.2) is 5.17 Å². The Morgan fingerprint density at radius 3 is 2.27 bits per heavy atom. The third kappa shape index (κ3) is 4.60. The fourth-order valence-corrected chi connectivity index (χ4v) is 8.12. The molecule has 1 aromatic carbocycles. The minimum Gasteiger partial charge on any atom is -0.350 e. The number of hydrogen-bond donors (Lipinski definition) is 1. The summed E-state index contributed by atoms with van der Waals surface area (Å²) in [5.41, 5.74) is 0.822. The van der Waals surface area contributed by atoms with Crippen LogP contribution in [-0.2, 0) is 4.79 Å². The molecule has 1 aromatic rings. The molecule has 6 rings (SSSR count). The fourth-order valence-electron chi connectivity index (χ4n) is 6.30. The van der Waals surface area contributed by atoms with Crippen molar-refractivity contribution in [1.29, 1.82) is 0 Å². The van der Waals surface area contributed by atoms with Crippen LogP contribution in [0.5, 0.6) is 0 Å². The lowest BCUT2D eigenvalue weighted by molar-refractivity contribution is -0.116. The molecule has 1 N–H and O–H groups in total. The van der Waals surface area contributed by atoms with E-state index in [1.807, 2.05) is 11.8 Å². The molecule has 8 heteroatoms. The number of thioether (sulfide) groups is 1. The van der Waals surface area contributed by atoms with Crippen LogP contribution in [0, 0.1) is 17.8 Å². The van der Waals surface area contributed by atoms with Gasteiger partial charge in [0.05, 0.1) is 5.54 Å². The average Bonchev–Trinajstić information content (AvgIpc) is 2.92. The van der Waals surface area contributed by atoms with Gasteiger partial charge in [-0.3, -0.25) is 9.79 Å². The summed E-state index contributed by atoms with van der Waals surface area (Å²) < 4.78 is 0. The molecule has 164 valence electrons. The maximum Gasteiger partial charge on any atom is 0.226 e. The Balaban J connectivity index is 0.00000218. The number of halogens is 3. The summed E-state index contributed by atoms with van der Waals surface area (Å²) in [6.07, 6.45) is 8.57. The highest BCUT2D eigenvalue weighted by Crippen LogP contribution is 2.57. The van der Waals surface area contributed by atoms with Crippen molar-refractivity contribution >= 4 is 64.1 Å². The number of amidine groups is 1. The monoisotopic (exact) mass is 487 g/mol. The number of nitrogens with zero attached hydrogens (tertiary/aromatic N) is 2. The Bertz CT molecular complexity index is 806. The summed E-state index contributed by atoms with van der Waals surface area (Å²) >= 11 is 13.9. The molecule has 1 heterocycles. The highest BCUT2D eigenvalue weighted by Gasteiger charge is 2.51. The van der Waals surface area contributed by atoms with Crippen LogP contribution in [0.2, 0.25) is 10.0 Å². The Kier molecular flexibility index (Phi) is 6.56. The molecule has 5 fully saturated rings.